The molecule has 6 nitrogen and oxygen atoms in total. The molecule has 2 N–H and O–H groups in total. The molecule has 0 saturated carbocycles. The lowest BCUT2D eigenvalue weighted by atomic mass is 10.2. The van der Waals surface area contributed by atoms with Gasteiger partial charge in [0.2, 0.25) is 11.8 Å². The van der Waals surface area contributed by atoms with Crippen molar-refractivity contribution in [1.82, 2.24) is 5.32 Å². The molecule has 18 heavy (non-hydrogen) atoms. The second-order valence-electron chi connectivity index (χ2n) is 4.30. The molecule has 2 rings (SSSR count). The number of carboxylic acids is 1. The van der Waals surface area contributed by atoms with Crippen molar-refractivity contribution < 1.29 is 19.1 Å². The van der Waals surface area contributed by atoms with Crippen molar-refractivity contribution in [3.63, 3.8) is 0 Å². The van der Waals surface area contributed by atoms with E-state index >= 15 is 0 Å². The molecule has 98 valence electrons. The average Bonchev–Trinajstić information content (AvgIpc) is 2.78. The molecule has 1 fully saturated rings. The third-order valence-electron chi connectivity index (χ3n) is 2.92. The van der Waals surface area contributed by atoms with E-state index in [1.54, 1.807) is 17.0 Å². The number of furan rings is 1. The fourth-order valence-electron chi connectivity index (χ4n) is 1.92. The van der Waals surface area contributed by atoms with Gasteiger partial charge in [-0.25, -0.2) is 0 Å². The van der Waals surface area contributed by atoms with Crippen LogP contribution in [0.1, 0.15) is 19.1 Å². The van der Waals surface area contributed by atoms with Crippen LogP contribution in [0.15, 0.2) is 16.5 Å². The maximum Gasteiger partial charge on any atom is 0.303 e. The molecule has 1 aliphatic heterocycles. The van der Waals surface area contributed by atoms with Gasteiger partial charge in [-0.2, -0.15) is 0 Å². The summed E-state index contributed by atoms with van der Waals surface area (Å²) in [5.74, 6) is 0.195. The predicted molar refractivity (Wildman–Crippen MR) is 64.5 cm³/mol. The van der Waals surface area contributed by atoms with Gasteiger partial charge >= 0.3 is 5.97 Å². The van der Waals surface area contributed by atoms with Crippen molar-refractivity contribution in [1.29, 1.82) is 0 Å². The van der Waals surface area contributed by atoms with E-state index in [2.05, 4.69) is 5.32 Å². The van der Waals surface area contributed by atoms with Crippen LogP contribution < -0.4 is 10.2 Å². The molecular formula is C12H16N2O4. The number of carbonyl (C=O) groups is 2. The second kappa shape index (κ2) is 5.22. The third-order valence-corrected chi connectivity index (χ3v) is 2.92. The van der Waals surface area contributed by atoms with Crippen LogP contribution in [0.2, 0.25) is 0 Å². The number of aryl methyl sites for hydroxylation is 1. The standard InChI is InChI=1S/C12H16N2O4/c1-8-12(17)14(7-6-13-8)10-4-2-9(18-10)3-5-11(15)16/h2,4,8,13H,3,5-7H2,1H3,(H,15,16)/t8-/m1/s1. The number of hydrogen-bond donors (Lipinski definition) is 2. The van der Waals surface area contributed by atoms with E-state index in [9.17, 15) is 9.59 Å². The van der Waals surface area contributed by atoms with Crippen LogP contribution in [0.5, 0.6) is 0 Å². The Balaban J connectivity index is 2.04. The van der Waals surface area contributed by atoms with Gasteiger partial charge < -0.3 is 14.8 Å². The first kappa shape index (κ1) is 12.6. The van der Waals surface area contributed by atoms with Gasteiger partial charge in [-0.1, -0.05) is 0 Å². The lowest BCUT2D eigenvalue weighted by Gasteiger charge is -2.29. The van der Waals surface area contributed by atoms with Gasteiger partial charge in [-0.15, -0.1) is 0 Å². The zero-order chi connectivity index (χ0) is 13.1. The van der Waals surface area contributed by atoms with Crippen molar-refractivity contribution in [3.05, 3.63) is 17.9 Å². The summed E-state index contributed by atoms with van der Waals surface area (Å²) in [5.41, 5.74) is 0. The zero-order valence-electron chi connectivity index (χ0n) is 10.2. The van der Waals surface area contributed by atoms with E-state index in [4.69, 9.17) is 9.52 Å². The summed E-state index contributed by atoms with van der Waals surface area (Å²) in [7, 11) is 0. The van der Waals surface area contributed by atoms with Crippen LogP contribution in [0.3, 0.4) is 0 Å². The minimum Gasteiger partial charge on any atom is -0.481 e. The van der Waals surface area contributed by atoms with Crippen LogP contribution in [-0.4, -0.2) is 36.1 Å². The largest absolute Gasteiger partial charge is 0.481 e. The van der Waals surface area contributed by atoms with E-state index in [0.717, 1.165) is 6.54 Å². The van der Waals surface area contributed by atoms with Crippen molar-refractivity contribution in [2.75, 3.05) is 18.0 Å². The number of anilines is 1. The number of carboxylic acid groups (broad SMARTS) is 1. The van der Waals surface area contributed by atoms with Gasteiger partial charge in [0, 0.05) is 25.6 Å². The predicted octanol–water partition coefficient (Wildman–Crippen LogP) is 0.621. The van der Waals surface area contributed by atoms with E-state index in [0.29, 0.717) is 24.6 Å². The summed E-state index contributed by atoms with van der Waals surface area (Å²) in [4.78, 5) is 24.0. The Kier molecular flexibility index (Phi) is 3.66. The van der Waals surface area contributed by atoms with Crippen LogP contribution in [0.4, 0.5) is 5.88 Å². The van der Waals surface area contributed by atoms with Gasteiger partial charge in [0.1, 0.15) is 5.76 Å². The summed E-state index contributed by atoms with van der Waals surface area (Å²) < 4.78 is 5.51. The number of hydrogen-bond acceptors (Lipinski definition) is 4. The Hall–Kier alpha value is -1.82. The summed E-state index contributed by atoms with van der Waals surface area (Å²) in [6.45, 7) is 3.09. The average molecular weight is 252 g/mol. The number of nitrogens with zero attached hydrogens (tertiary/aromatic N) is 1. The summed E-state index contributed by atoms with van der Waals surface area (Å²) in [6.07, 6.45) is 0.365. The van der Waals surface area contributed by atoms with Crippen molar-refractivity contribution >= 4 is 17.8 Å². The highest BCUT2D eigenvalue weighted by molar-refractivity contribution is 5.96. The normalized spacial score (nSPS) is 20.2. The van der Waals surface area contributed by atoms with Crippen LogP contribution in [0, 0.1) is 0 Å². The van der Waals surface area contributed by atoms with Crippen molar-refractivity contribution in [2.45, 2.75) is 25.8 Å². The van der Waals surface area contributed by atoms with Crippen LogP contribution >= 0.6 is 0 Å². The Morgan fingerprint density at radius 2 is 2.39 bits per heavy atom. The maximum atomic E-state index is 11.9. The Bertz CT molecular complexity index is 455. The molecule has 1 aliphatic rings. The smallest absolute Gasteiger partial charge is 0.303 e. The van der Waals surface area contributed by atoms with Gasteiger partial charge in [0.25, 0.3) is 0 Å². The first-order valence-corrected chi connectivity index (χ1v) is 5.93. The molecule has 2 heterocycles. The molecule has 1 aromatic heterocycles. The number of aliphatic carboxylic acids is 1. The minimum absolute atomic E-state index is 0.0266. The Morgan fingerprint density at radius 1 is 1.61 bits per heavy atom. The van der Waals surface area contributed by atoms with Gasteiger partial charge in [-0.05, 0) is 13.0 Å². The molecular weight excluding hydrogens is 236 g/mol. The SMILES string of the molecule is C[C@H]1NCCN(c2ccc(CCC(=O)O)o2)C1=O. The van der Waals surface area contributed by atoms with E-state index in [1.807, 2.05) is 6.92 Å². The quantitative estimate of drug-likeness (QED) is 0.821. The molecule has 1 amide bonds. The van der Waals surface area contributed by atoms with E-state index in [1.165, 1.54) is 0 Å². The summed E-state index contributed by atoms with van der Waals surface area (Å²) in [6, 6.07) is 3.22. The van der Waals surface area contributed by atoms with Gasteiger partial charge in [0.15, 0.2) is 0 Å². The van der Waals surface area contributed by atoms with Gasteiger partial charge in [-0.3, -0.25) is 14.5 Å². The highest BCUT2D eigenvalue weighted by Crippen LogP contribution is 2.21. The van der Waals surface area contributed by atoms with E-state index < -0.39 is 5.97 Å². The van der Waals surface area contributed by atoms with Crippen molar-refractivity contribution in [2.24, 2.45) is 0 Å². The number of carbonyl (C=O) groups excluding carboxylic acids is 1. The molecule has 1 aromatic rings. The Morgan fingerprint density at radius 3 is 3.11 bits per heavy atom. The van der Waals surface area contributed by atoms with Crippen LogP contribution in [0.25, 0.3) is 0 Å². The lowest BCUT2D eigenvalue weighted by molar-refractivity contribution is -0.137. The fraction of sp³-hybridized carbons (Fsp3) is 0.500. The molecule has 1 atom stereocenters. The van der Waals surface area contributed by atoms with Crippen molar-refractivity contribution in [3.8, 4) is 0 Å². The number of nitrogens with one attached hydrogen (secondary N) is 1. The minimum atomic E-state index is -0.861. The molecule has 0 radical (unpaired) electrons. The fourth-order valence-corrected chi connectivity index (χ4v) is 1.92. The molecule has 6 heteroatoms. The molecule has 0 aromatic carbocycles. The lowest BCUT2D eigenvalue weighted by Crippen LogP contribution is -2.53. The van der Waals surface area contributed by atoms with E-state index in [-0.39, 0.29) is 18.4 Å². The van der Waals surface area contributed by atoms with Crippen LogP contribution in [-0.2, 0) is 16.0 Å². The first-order chi connectivity index (χ1) is 8.58. The highest BCUT2D eigenvalue weighted by atomic mass is 16.4. The van der Waals surface area contributed by atoms with Gasteiger partial charge in [0.05, 0.1) is 12.5 Å². The number of piperazine rings is 1. The third kappa shape index (κ3) is 2.70. The highest BCUT2D eigenvalue weighted by Gasteiger charge is 2.27. The topological polar surface area (TPSA) is 82.8 Å². The molecule has 0 bridgehead atoms. The number of amides is 1. The monoisotopic (exact) mass is 252 g/mol. The molecule has 0 spiro atoms. The molecule has 0 unspecified atom stereocenters. The maximum absolute atomic E-state index is 11.9. The molecule has 0 aliphatic carbocycles. The number of rotatable bonds is 4. The zero-order valence-corrected chi connectivity index (χ0v) is 10.2. The summed E-state index contributed by atoms with van der Waals surface area (Å²) >= 11 is 0. The molecule has 1 saturated heterocycles. The Labute approximate surface area is 105 Å². The first-order valence-electron chi connectivity index (χ1n) is 5.93. The summed E-state index contributed by atoms with van der Waals surface area (Å²) in [5, 5.41) is 11.7. The second-order valence-corrected chi connectivity index (χ2v) is 4.30.